The minimum absolute atomic E-state index is 0.561. The largest absolute Gasteiger partial charge is 0.382 e. The highest BCUT2D eigenvalue weighted by Crippen LogP contribution is 1.99. The molecular weight excluding hydrogens is 176 g/mol. The summed E-state index contributed by atoms with van der Waals surface area (Å²) in [6, 6.07) is 7.69. The normalized spacial score (nSPS) is 10.3. The highest BCUT2D eigenvalue weighted by atomic mass is 15.3. The Labute approximate surface area is 82.4 Å². The van der Waals surface area contributed by atoms with Crippen LogP contribution in [-0.4, -0.2) is 14.8 Å². The number of aromatic nitrogens is 3. The predicted octanol–water partition coefficient (Wildman–Crippen LogP) is 1.10. The molecule has 0 saturated heterocycles. The molecule has 0 aliphatic heterocycles. The maximum atomic E-state index is 5.50. The average molecular weight is 188 g/mol. The van der Waals surface area contributed by atoms with Crippen LogP contribution in [0, 0.1) is 0 Å². The van der Waals surface area contributed by atoms with Crippen molar-refractivity contribution in [2.45, 2.75) is 13.0 Å². The third-order valence-electron chi connectivity index (χ3n) is 1.98. The molecule has 2 heterocycles. The summed E-state index contributed by atoms with van der Waals surface area (Å²) in [5, 5.41) is 4.09. The lowest BCUT2D eigenvalue weighted by Gasteiger charge is -2.00. The molecule has 0 bridgehead atoms. The SMILES string of the molecule is Nc1ccn(CCc2ccccn2)n1. The quantitative estimate of drug-likeness (QED) is 0.784. The van der Waals surface area contributed by atoms with Crippen molar-refractivity contribution >= 4 is 5.82 Å². The molecule has 0 saturated carbocycles. The van der Waals surface area contributed by atoms with Crippen molar-refractivity contribution in [3.8, 4) is 0 Å². The Hall–Kier alpha value is -1.84. The van der Waals surface area contributed by atoms with Crippen molar-refractivity contribution in [3.05, 3.63) is 42.4 Å². The monoisotopic (exact) mass is 188 g/mol. The number of nitrogens with two attached hydrogens (primary N) is 1. The molecule has 0 aliphatic carbocycles. The minimum atomic E-state index is 0.561. The van der Waals surface area contributed by atoms with E-state index in [1.165, 1.54) is 0 Å². The fourth-order valence-corrected chi connectivity index (χ4v) is 1.28. The molecule has 0 fully saturated rings. The molecule has 0 amide bonds. The van der Waals surface area contributed by atoms with E-state index >= 15 is 0 Å². The second-order valence-corrected chi connectivity index (χ2v) is 3.07. The number of aryl methyl sites for hydroxylation is 2. The zero-order valence-corrected chi connectivity index (χ0v) is 7.80. The van der Waals surface area contributed by atoms with E-state index < -0.39 is 0 Å². The van der Waals surface area contributed by atoms with Crippen molar-refractivity contribution in [3.63, 3.8) is 0 Å². The van der Waals surface area contributed by atoms with Crippen LogP contribution in [0.2, 0.25) is 0 Å². The van der Waals surface area contributed by atoms with Gasteiger partial charge in [0, 0.05) is 31.1 Å². The number of hydrogen-bond acceptors (Lipinski definition) is 3. The first-order chi connectivity index (χ1) is 6.84. The molecular formula is C10H12N4. The fraction of sp³-hybridized carbons (Fsp3) is 0.200. The minimum Gasteiger partial charge on any atom is -0.382 e. The van der Waals surface area contributed by atoms with Crippen LogP contribution >= 0.6 is 0 Å². The highest BCUT2D eigenvalue weighted by molar-refractivity contribution is 5.23. The molecule has 0 aliphatic rings. The van der Waals surface area contributed by atoms with E-state index in [1.54, 1.807) is 12.3 Å². The van der Waals surface area contributed by atoms with Crippen LogP contribution in [0.1, 0.15) is 5.69 Å². The number of nitrogen functional groups attached to an aromatic ring is 1. The van der Waals surface area contributed by atoms with Crippen LogP contribution in [0.4, 0.5) is 5.82 Å². The Morgan fingerprint density at radius 3 is 2.86 bits per heavy atom. The van der Waals surface area contributed by atoms with E-state index in [-0.39, 0.29) is 0 Å². The Morgan fingerprint density at radius 2 is 2.21 bits per heavy atom. The maximum absolute atomic E-state index is 5.50. The van der Waals surface area contributed by atoms with Gasteiger partial charge < -0.3 is 5.73 Å². The van der Waals surface area contributed by atoms with Gasteiger partial charge in [0.15, 0.2) is 0 Å². The molecule has 4 heteroatoms. The number of pyridine rings is 1. The molecule has 14 heavy (non-hydrogen) atoms. The van der Waals surface area contributed by atoms with Crippen molar-refractivity contribution in [1.82, 2.24) is 14.8 Å². The van der Waals surface area contributed by atoms with Gasteiger partial charge in [0.05, 0.1) is 0 Å². The van der Waals surface area contributed by atoms with Crippen LogP contribution in [0.15, 0.2) is 36.7 Å². The van der Waals surface area contributed by atoms with E-state index in [9.17, 15) is 0 Å². The first-order valence-electron chi connectivity index (χ1n) is 4.53. The topological polar surface area (TPSA) is 56.7 Å². The number of nitrogens with zero attached hydrogens (tertiary/aromatic N) is 3. The molecule has 0 aromatic carbocycles. The van der Waals surface area contributed by atoms with Gasteiger partial charge in [0.2, 0.25) is 0 Å². The molecule has 2 aromatic heterocycles. The summed E-state index contributed by atoms with van der Waals surface area (Å²) in [5.74, 6) is 0.561. The van der Waals surface area contributed by atoms with Crippen LogP contribution < -0.4 is 5.73 Å². The smallest absolute Gasteiger partial charge is 0.145 e. The lowest BCUT2D eigenvalue weighted by atomic mass is 10.3. The third kappa shape index (κ3) is 2.10. The fourth-order valence-electron chi connectivity index (χ4n) is 1.28. The van der Waals surface area contributed by atoms with Crippen LogP contribution in [0.5, 0.6) is 0 Å². The van der Waals surface area contributed by atoms with Crippen LogP contribution in [0.25, 0.3) is 0 Å². The van der Waals surface area contributed by atoms with E-state index in [1.807, 2.05) is 29.1 Å². The van der Waals surface area contributed by atoms with Gasteiger partial charge in [-0.05, 0) is 18.2 Å². The van der Waals surface area contributed by atoms with Gasteiger partial charge in [-0.2, -0.15) is 5.10 Å². The van der Waals surface area contributed by atoms with Gasteiger partial charge >= 0.3 is 0 Å². The van der Waals surface area contributed by atoms with Gasteiger partial charge in [-0.3, -0.25) is 9.67 Å². The van der Waals surface area contributed by atoms with Crippen molar-refractivity contribution in [2.75, 3.05) is 5.73 Å². The van der Waals surface area contributed by atoms with Crippen molar-refractivity contribution in [2.24, 2.45) is 0 Å². The van der Waals surface area contributed by atoms with Gasteiger partial charge in [0.25, 0.3) is 0 Å². The average Bonchev–Trinajstić information content (AvgIpc) is 2.63. The van der Waals surface area contributed by atoms with Crippen LogP contribution in [0.3, 0.4) is 0 Å². The molecule has 2 aromatic rings. The molecule has 0 atom stereocenters. The van der Waals surface area contributed by atoms with E-state index in [2.05, 4.69) is 10.1 Å². The summed E-state index contributed by atoms with van der Waals surface area (Å²) in [7, 11) is 0. The van der Waals surface area contributed by atoms with Gasteiger partial charge in [-0.25, -0.2) is 0 Å². The lowest BCUT2D eigenvalue weighted by Crippen LogP contribution is -2.03. The summed E-state index contributed by atoms with van der Waals surface area (Å²) in [4.78, 5) is 4.23. The maximum Gasteiger partial charge on any atom is 0.145 e. The molecule has 0 unspecified atom stereocenters. The van der Waals surface area contributed by atoms with Crippen molar-refractivity contribution in [1.29, 1.82) is 0 Å². The summed E-state index contributed by atoms with van der Waals surface area (Å²) in [5.41, 5.74) is 6.57. The Kier molecular flexibility index (Phi) is 2.44. The molecule has 4 nitrogen and oxygen atoms in total. The van der Waals surface area contributed by atoms with Crippen LogP contribution in [-0.2, 0) is 13.0 Å². The number of anilines is 1. The predicted molar refractivity (Wildman–Crippen MR) is 54.6 cm³/mol. The molecule has 0 spiro atoms. The summed E-state index contributed by atoms with van der Waals surface area (Å²) in [6.07, 6.45) is 4.55. The number of hydrogen-bond donors (Lipinski definition) is 1. The summed E-state index contributed by atoms with van der Waals surface area (Å²) >= 11 is 0. The van der Waals surface area contributed by atoms with Gasteiger partial charge in [-0.15, -0.1) is 0 Å². The molecule has 2 N–H and O–H groups in total. The Balaban J connectivity index is 1.95. The highest BCUT2D eigenvalue weighted by Gasteiger charge is 1.96. The molecule has 0 radical (unpaired) electrons. The second kappa shape index (κ2) is 3.91. The van der Waals surface area contributed by atoms with Gasteiger partial charge in [0.1, 0.15) is 5.82 Å². The van der Waals surface area contributed by atoms with Crippen molar-refractivity contribution < 1.29 is 0 Å². The first kappa shape index (κ1) is 8.74. The molecule has 72 valence electrons. The third-order valence-corrected chi connectivity index (χ3v) is 1.98. The lowest BCUT2D eigenvalue weighted by molar-refractivity contribution is 0.611. The Morgan fingerprint density at radius 1 is 1.29 bits per heavy atom. The number of rotatable bonds is 3. The summed E-state index contributed by atoms with van der Waals surface area (Å²) in [6.45, 7) is 0.814. The van der Waals surface area contributed by atoms with E-state index in [0.29, 0.717) is 5.82 Å². The van der Waals surface area contributed by atoms with E-state index in [0.717, 1.165) is 18.7 Å². The zero-order valence-electron chi connectivity index (χ0n) is 7.80. The Bertz CT molecular complexity index is 394. The second-order valence-electron chi connectivity index (χ2n) is 3.07. The standard InChI is InChI=1S/C10H12N4/c11-10-5-8-14(13-10)7-4-9-3-1-2-6-12-9/h1-3,5-6,8H,4,7H2,(H2,11,13). The van der Waals surface area contributed by atoms with Gasteiger partial charge in [-0.1, -0.05) is 6.07 Å². The van der Waals surface area contributed by atoms with E-state index in [4.69, 9.17) is 5.73 Å². The zero-order chi connectivity index (χ0) is 9.80. The first-order valence-corrected chi connectivity index (χ1v) is 4.53. The summed E-state index contributed by atoms with van der Waals surface area (Å²) < 4.78 is 1.82. The molecule has 2 rings (SSSR count).